The second kappa shape index (κ2) is 5.76. The minimum atomic E-state index is 0.422. The van der Waals surface area contributed by atoms with Gasteiger partial charge in [0.1, 0.15) is 5.75 Å². The highest BCUT2D eigenvalue weighted by molar-refractivity contribution is 7.07. The van der Waals surface area contributed by atoms with Crippen molar-refractivity contribution in [2.24, 2.45) is 0 Å². The minimum absolute atomic E-state index is 0.422. The van der Waals surface area contributed by atoms with Crippen LogP contribution in [0.3, 0.4) is 0 Å². The summed E-state index contributed by atoms with van der Waals surface area (Å²) >= 11 is 1.75. The number of rotatable bonds is 5. The molecule has 1 aliphatic rings. The third-order valence-corrected chi connectivity index (χ3v) is 4.39. The van der Waals surface area contributed by atoms with Crippen LogP contribution in [0.1, 0.15) is 36.1 Å². The van der Waals surface area contributed by atoms with Crippen LogP contribution in [-0.2, 0) is 13.0 Å². The molecule has 0 fully saturated rings. The topological polar surface area (TPSA) is 21.3 Å². The molecule has 1 aromatic carbocycles. The summed E-state index contributed by atoms with van der Waals surface area (Å²) < 4.78 is 5.57. The standard InChI is InChI=1S/C16H19NOS/c1-2-15(17-10-12-6-8-19-11-12)13-3-4-16-14(9-13)5-7-18-16/h3-4,6,8-9,11,15,17H,2,5,7,10H2,1H3. The smallest absolute Gasteiger partial charge is 0.122 e. The molecular weight excluding hydrogens is 254 g/mol. The molecule has 0 amide bonds. The van der Waals surface area contributed by atoms with Crippen LogP contribution in [0.15, 0.2) is 35.0 Å². The molecule has 19 heavy (non-hydrogen) atoms. The first-order valence-electron chi connectivity index (χ1n) is 6.87. The van der Waals surface area contributed by atoms with Crippen molar-refractivity contribution in [2.75, 3.05) is 6.61 Å². The van der Waals surface area contributed by atoms with E-state index < -0.39 is 0 Å². The molecule has 0 radical (unpaired) electrons. The lowest BCUT2D eigenvalue weighted by molar-refractivity contribution is 0.356. The third kappa shape index (κ3) is 2.82. The maximum atomic E-state index is 5.57. The van der Waals surface area contributed by atoms with Gasteiger partial charge in [-0.25, -0.2) is 0 Å². The average Bonchev–Trinajstić information content (AvgIpc) is 3.09. The van der Waals surface area contributed by atoms with Crippen LogP contribution in [-0.4, -0.2) is 6.61 Å². The number of nitrogens with one attached hydrogen (secondary N) is 1. The summed E-state index contributed by atoms with van der Waals surface area (Å²) in [6.07, 6.45) is 2.15. The zero-order valence-corrected chi connectivity index (χ0v) is 12.0. The van der Waals surface area contributed by atoms with Gasteiger partial charge in [0.25, 0.3) is 0 Å². The van der Waals surface area contributed by atoms with E-state index in [1.807, 2.05) is 0 Å². The lowest BCUT2D eigenvalue weighted by Crippen LogP contribution is -2.20. The molecule has 0 bridgehead atoms. The van der Waals surface area contributed by atoms with E-state index in [1.165, 1.54) is 16.7 Å². The van der Waals surface area contributed by atoms with Crippen molar-refractivity contribution < 1.29 is 4.74 Å². The highest BCUT2D eigenvalue weighted by Crippen LogP contribution is 2.29. The van der Waals surface area contributed by atoms with Crippen LogP contribution in [0.25, 0.3) is 0 Å². The van der Waals surface area contributed by atoms with Gasteiger partial charge in [-0.1, -0.05) is 19.1 Å². The predicted molar refractivity (Wildman–Crippen MR) is 79.8 cm³/mol. The van der Waals surface area contributed by atoms with Gasteiger partial charge in [-0.05, 0) is 46.0 Å². The van der Waals surface area contributed by atoms with Crippen molar-refractivity contribution in [1.29, 1.82) is 0 Å². The Bertz CT molecular complexity index is 536. The van der Waals surface area contributed by atoms with Gasteiger partial charge < -0.3 is 10.1 Å². The zero-order chi connectivity index (χ0) is 13.1. The molecule has 0 saturated heterocycles. The van der Waals surface area contributed by atoms with E-state index in [0.29, 0.717) is 6.04 Å². The molecule has 1 atom stereocenters. The highest BCUT2D eigenvalue weighted by atomic mass is 32.1. The van der Waals surface area contributed by atoms with Crippen molar-refractivity contribution >= 4 is 11.3 Å². The van der Waals surface area contributed by atoms with Crippen LogP contribution in [0.4, 0.5) is 0 Å². The SMILES string of the molecule is CCC(NCc1ccsc1)c1ccc2c(c1)CCO2. The number of hydrogen-bond donors (Lipinski definition) is 1. The fourth-order valence-corrected chi connectivity index (χ4v) is 3.22. The summed E-state index contributed by atoms with van der Waals surface area (Å²) in [5, 5.41) is 7.98. The van der Waals surface area contributed by atoms with Crippen molar-refractivity contribution in [1.82, 2.24) is 5.32 Å². The molecule has 1 aliphatic heterocycles. The molecule has 3 rings (SSSR count). The van der Waals surface area contributed by atoms with Gasteiger partial charge >= 0.3 is 0 Å². The first kappa shape index (κ1) is 12.7. The van der Waals surface area contributed by atoms with Gasteiger partial charge in [0, 0.05) is 19.0 Å². The second-order valence-electron chi connectivity index (χ2n) is 4.94. The lowest BCUT2D eigenvalue weighted by atomic mass is 10.0. The molecule has 0 spiro atoms. The zero-order valence-electron chi connectivity index (χ0n) is 11.2. The third-order valence-electron chi connectivity index (χ3n) is 3.66. The Morgan fingerprint density at radius 1 is 1.37 bits per heavy atom. The van der Waals surface area contributed by atoms with Gasteiger partial charge in [-0.15, -0.1) is 0 Å². The average molecular weight is 273 g/mol. The molecular formula is C16H19NOS. The Hall–Kier alpha value is -1.32. The summed E-state index contributed by atoms with van der Waals surface area (Å²) in [6.45, 7) is 4.00. The Kier molecular flexibility index (Phi) is 3.85. The maximum absolute atomic E-state index is 5.57. The molecule has 1 unspecified atom stereocenters. The van der Waals surface area contributed by atoms with Gasteiger partial charge in [-0.2, -0.15) is 11.3 Å². The Labute approximate surface area is 118 Å². The first-order valence-corrected chi connectivity index (χ1v) is 7.81. The van der Waals surface area contributed by atoms with Crippen molar-refractivity contribution in [3.05, 3.63) is 51.7 Å². The van der Waals surface area contributed by atoms with E-state index in [1.54, 1.807) is 11.3 Å². The number of benzene rings is 1. The van der Waals surface area contributed by atoms with E-state index in [0.717, 1.165) is 31.7 Å². The fraction of sp³-hybridized carbons (Fsp3) is 0.375. The maximum Gasteiger partial charge on any atom is 0.122 e. The summed E-state index contributed by atoms with van der Waals surface area (Å²) in [5.41, 5.74) is 4.10. The number of ether oxygens (including phenoxy) is 1. The molecule has 0 aliphatic carbocycles. The Balaban J connectivity index is 1.71. The molecule has 0 saturated carbocycles. The monoisotopic (exact) mass is 273 g/mol. The van der Waals surface area contributed by atoms with Gasteiger partial charge in [-0.3, -0.25) is 0 Å². The quantitative estimate of drug-likeness (QED) is 0.891. The predicted octanol–water partition coefficient (Wildman–Crippen LogP) is 3.92. The van der Waals surface area contributed by atoms with E-state index >= 15 is 0 Å². The van der Waals surface area contributed by atoms with Crippen LogP contribution in [0.5, 0.6) is 5.75 Å². The fourth-order valence-electron chi connectivity index (χ4n) is 2.56. The van der Waals surface area contributed by atoms with E-state index in [-0.39, 0.29) is 0 Å². The van der Waals surface area contributed by atoms with Crippen molar-refractivity contribution in [2.45, 2.75) is 32.4 Å². The minimum Gasteiger partial charge on any atom is -0.493 e. The largest absolute Gasteiger partial charge is 0.493 e. The Morgan fingerprint density at radius 3 is 3.11 bits per heavy atom. The number of hydrogen-bond acceptors (Lipinski definition) is 3. The molecule has 1 N–H and O–H groups in total. The first-order chi connectivity index (χ1) is 9.36. The molecule has 2 heterocycles. The van der Waals surface area contributed by atoms with E-state index in [2.05, 4.69) is 47.3 Å². The van der Waals surface area contributed by atoms with Gasteiger partial charge in [0.15, 0.2) is 0 Å². The molecule has 1 aromatic heterocycles. The lowest BCUT2D eigenvalue weighted by Gasteiger charge is -2.18. The van der Waals surface area contributed by atoms with E-state index in [9.17, 15) is 0 Å². The van der Waals surface area contributed by atoms with E-state index in [4.69, 9.17) is 4.74 Å². The number of fused-ring (bicyclic) bond motifs is 1. The van der Waals surface area contributed by atoms with Crippen LogP contribution in [0.2, 0.25) is 0 Å². The Morgan fingerprint density at radius 2 is 2.32 bits per heavy atom. The molecule has 2 nitrogen and oxygen atoms in total. The van der Waals surface area contributed by atoms with Gasteiger partial charge in [0.05, 0.1) is 6.61 Å². The second-order valence-corrected chi connectivity index (χ2v) is 5.72. The molecule has 100 valence electrons. The van der Waals surface area contributed by atoms with Crippen LogP contribution in [0, 0.1) is 0 Å². The van der Waals surface area contributed by atoms with Crippen LogP contribution < -0.4 is 10.1 Å². The van der Waals surface area contributed by atoms with Crippen molar-refractivity contribution in [3.63, 3.8) is 0 Å². The molecule has 3 heteroatoms. The normalized spacial score (nSPS) is 15.0. The highest BCUT2D eigenvalue weighted by Gasteiger charge is 2.15. The summed E-state index contributed by atoms with van der Waals surface area (Å²) in [5.74, 6) is 1.07. The van der Waals surface area contributed by atoms with Crippen molar-refractivity contribution in [3.8, 4) is 5.75 Å². The van der Waals surface area contributed by atoms with Gasteiger partial charge in [0.2, 0.25) is 0 Å². The van der Waals surface area contributed by atoms with Crippen LogP contribution >= 0.6 is 11.3 Å². The molecule has 2 aromatic rings. The summed E-state index contributed by atoms with van der Waals surface area (Å²) in [6, 6.07) is 9.22. The summed E-state index contributed by atoms with van der Waals surface area (Å²) in [4.78, 5) is 0. The number of thiophene rings is 1. The summed E-state index contributed by atoms with van der Waals surface area (Å²) in [7, 11) is 0.